The third-order valence-corrected chi connectivity index (χ3v) is 3.55. The van der Waals surface area contributed by atoms with Crippen molar-refractivity contribution in [3.05, 3.63) is 58.3 Å². The normalized spacial score (nSPS) is 16.4. The van der Waals surface area contributed by atoms with Crippen LogP contribution in [0.4, 0.5) is 11.5 Å². The second-order valence-electron chi connectivity index (χ2n) is 4.98. The van der Waals surface area contributed by atoms with Crippen LogP contribution in [0, 0.1) is 10.1 Å². The summed E-state index contributed by atoms with van der Waals surface area (Å²) in [5.74, 6) is -0.252. The van der Waals surface area contributed by atoms with Gasteiger partial charge in [0.1, 0.15) is 12.4 Å². The zero-order chi connectivity index (χ0) is 16.4. The van der Waals surface area contributed by atoms with Crippen LogP contribution >= 0.6 is 0 Å². The average Bonchev–Trinajstić information content (AvgIpc) is 2.60. The fraction of sp³-hybridized carbons (Fsp3) is 0.200. The molecular formula is C15H14N4O4. The van der Waals surface area contributed by atoms with Crippen molar-refractivity contribution in [1.82, 2.24) is 4.98 Å². The van der Waals surface area contributed by atoms with E-state index < -0.39 is 10.8 Å². The zero-order valence-corrected chi connectivity index (χ0v) is 12.1. The Balaban J connectivity index is 2.03. The molecule has 0 saturated carbocycles. The van der Waals surface area contributed by atoms with E-state index in [0.29, 0.717) is 11.4 Å². The number of amides is 1. The number of rotatable bonds is 3. The lowest BCUT2D eigenvalue weighted by molar-refractivity contribution is -0.389. The van der Waals surface area contributed by atoms with Crippen LogP contribution in [-0.2, 0) is 0 Å². The van der Waals surface area contributed by atoms with Crippen LogP contribution in [0.3, 0.4) is 0 Å². The number of pyridine rings is 1. The molecule has 1 aliphatic heterocycles. The SMILES string of the molecule is NC[C@H]1COc2ccccc2N1C(=O)c1cccc([N+](=O)[O-])n1. The number of hydrogen-bond acceptors (Lipinski definition) is 6. The van der Waals surface area contributed by atoms with E-state index in [4.69, 9.17) is 10.5 Å². The number of para-hydroxylation sites is 2. The number of nitrogens with zero attached hydrogens (tertiary/aromatic N) is 3. The molecule has 2 aromatic rings. The number of carbonyl (C=O) groups excluding carboxylic acids is 1. The summed E-state index contributed by atoms with van der Waals surface area (Å²) in [4.78, 5) is 28.4. The Morgan fingerprint density at radius 1 is 1.35 bits per heavy atom. The standard InChI is InChI=1S/C15H14N4O4/c16-8-10-9-23-13-6-2-1-5-12(13)18(10)15(20)11-4-3-7-14(17-11)19(21)22/h1-7,10H,8-9,16H2/t10-/m0/s1. The molecule has 0 aliphatic carbocycles. The Morgan fingerprint density at radius 2 is 2.13 bits per heavy atom. The molecule has 0 unspecified atom stereocenters. The Labute approximate surface area is 131 Å². The summed E-state index contributed by atoms with van der Waals surface area (Å²) >= 11 is 0. The highest BCUT2D eigenvalue weighted by atomic mass is 16.6. The molecule has 8 heteroatoms. The van der Waals surface area contributed by atoms with E-state index in [0.717, 1.165) is 0 Å². The minimum atomic E-state index is -0.634. The lowest BCUT2D eigenvalue weighted by Gasteiger charge is -2.35. The van der Waals surface area contributed by atoms with Crippen molar-refractivity contribution in [3.8, 4) is 5.75 Å². The van der Waals surface area contributed by atoms with Crippen LogP contribution < -0.4 is 15.4 Å². The molecule has 0 spiro atoms. The highest BCUT2D eigenvalue weighted by Crippen LogP contribution is 2.34. The highest BCUT2D eigenvalue weighted by molar-refractivity contribution is 6.06. The minimum absolute atomic E-state index is 0.00523. The minimum Gasteiger partial charge on any atom is -0.489 e. The van der Waals surface area contributed by atoms with Gasteiger partial charge >= 0.3 is 11.7 Å². The van der Waals surface area contributed by atoms with Crippen molar-refractivity contribution in [2.24, 2.45) is 5.73 Å². The Morgan fingerprint density at radius 3 is 2.87 bits per heavy atom. The summed E-state index contributed by atoms with van der Waals surface area (Å²) in [5.41, 5.74) is 6.31. The van der Waals surface area contributed by atoms with Crippen LogP contribution in [0.5, 0.6) is 5.75 Å². The molecule has 1 aromatic heterocycles. The van der Waals surface area contributed by atoms with Gasteiger partial charge in [-0.05, 0) is 34.2 Å². The predicted molar refractivity (Wildman–Crippen MR) is 82.5 cm³/mol. The first-order valence-electron chi connectivity index (χ1n) is 6.98. The van der Waals surface area contributed by atoms with Crippen molar-refractivity contribution in [2.45, 2.75) is 6.04 Å². The van der Waals surface area contributed by atoms with Crippen LogP contribution in [-0.4, -0.2) is 35.0 Å². The van der Waals surface area contributed by atoms with Gasteiger partial charge in [-0.3, -0.25) is 9.69 Å². The largest absolute Gasteiger partial charge is 0.489 e. The van der Waals surface area contributed by atoms with Gasteiger partial charge in [-0.15, -0.1) is 0 Å². The lowest BCUT2D eigenvalue weighted by Crippen LogP contribution is -2.50. The quantitative estimate of drug-likeness (QED) is 0.676. The van der Waals surface area contributed by atoms with Crippen molar-refractivity contribution < 1.29 is 14.5 Å². The number of ether oxygens (including phenoxy) is 1. The first-order valence-corrected chi connectivity index (χ1v) is 6.98. The van der Waals surface area contributed by atoms with Gasteiger partial charge in [0.15, 0.2) is 0 Å². The van der Waals surface area contributed by atoms with E-state index in [2.05, 4.69) is 4.98 Å². The van der Waals surface area contributed by atoms with E-state index in [1.54, 1.807) is 24.3 Å². The zero-order valence-electron chi connectivity index (χ0n) is 12.1. The molecule has 0 fully saturated rings. The molecule has 2 heterocycles. The van der Waals surface area contributed by atoms with Gasteiger partial charge in [0, 0.05) is 12.6 Å². The van der Waals surface area contributed by atoms with E-state index in [1.165, 1.54) is 23.1 Å². The molecular weight excluding hydrogens is 300 g/mol. The number of anilines is 1. The summed E-state index contributed by atoms with van der Waals surface area (Å²) in [6, 6.07) is 10.8. The molecule has 1 aliphatic rings. The third-order valence-electron chi connectivity index (χ3n) is 3.55. The lowest BCUT2D eigenvalue weighted by atomic mass is 10.1. The number of aromatic nitrogens is 1. The summed E-state index contributed by atoms with van der Waals surface area (Å²) in [6.07, 6.45) is 0. The molecule has 118 valence electrons. The van der Waals surface area contributed by atoms with Gasteiger partial charge in [0.25, 0.3) is 0 Å². The molecule has 0 saturated heterocycles. The van der Waals surface area contributed by atoms with Gasteiger partial charge in [-0.25, -0.2) is 0 Å². The number of carbonyl (C=O) groups is 1. The summed E-state index contributed by atoms with van der Waals surface area (Å²) in [5, 5.41) is 10.8. The van der Waals surface area contributed by atoms with Crippen LogP contribution in [0.1, 0.15) is 10.5 Å². The maximum Gasteiger partial charge on any atom is 0.364 e. The Hall–Kier alpha value is -3.00. The third kappa shape index (κ3) is 2.71. The maximum absolute atomic E-state index is 12.8. The Kier molecular flexibility index (Phi) is 3.90. The van der Waals surface area contributed by atoms with Crippen molar-refractivity contribution in [2.75, 3.05) is 18.1 Å². The first-order chi connectivity index (χ1) is 11.1. The van der Waals surface area contributed by atoms with Crippen LogP contribution in [0.15, 0.2) is 42.5 Å². The van der Waals surface area contributed by atoms with E-state index in [-0.39, 0.29) is 30.7 Å². The fourth-order valence-corrected chi connectivity index (χ4v) is 2.45. The summed E-state index contributed by atoms with van der Waals surface area (Å²) in [7, 11) is 0. The molecule has 0 radical (unpaired) electrons. The highest BCUT2D eigenvalue weighted by Gasteiger charge is 2.34. The number of hydrogen-bond donors (Lipinski definition) is 1. The summed E-state index contributed by atoms with van der Waals surface area (Å²) < 4.78 is 5.60. The predicted octanol–water partition coefficient (Wildman–Crippen LogP) is 1.36. The molecule has 1 amide bonds. The molecule has 3 rings (SSSR count). The van der Waals surface area contributed by atoms with Crippen molar-refractivity contribution in [1.29, 1.82) is 0 Å². The topological polar surface area (TPSA) is 112 Å². The molecule has 23 heavy (non-hydrogen) atoms. The monoisotopic (exact) mass is 314 g/mol. The number of benzene rings is 1. The maximum atomic E-state index is 12.8. The molecule has 1 atom stereocenters. The number of nitro groups is 1. The number of fused-ring (bicyclic) bond motifs is 1. The molecule has 2 N–H and O–H groups in total. The van der Waals surface area contributed by atoms with Gasteiger partial charge in [-0.2, -0.15) is 0 Å². The van der Waals surface area contributed by atoms with Gasteiger partial charge in [0.2, 0.25) is 5.69 Å². The van der Waals surface area contributed by atoms with Crippen molar-refractivity contribution in [3.63, 3.8) is 0 Å². The van der Waals surface area contributed by atoms with E-state index in [9.17, 15) is 14.9 Å². The molecule has 1 aromatic carbocycles. The average molecular weight is 314 g/mol. The first kappa shape index (κ1) is 14.9. The van der Waals surface area contributed by atoms with E-state index in [1.807, 2.05) is 0 Å². The van der Waals surface area contributed by atoms with E-state index >= 15 is 0 Å². The smallest absolute Gasteiger partial charge is 0.364 e. The summed E-state index contributed by atoms with van der Waals surface area (Å²) in [6.45, 7) is 0.461. The van der Waals surface area contributed by atoms with Crippen LogP contribution in [0.2, 0.25) is 0 Å². The number of nitrogens with two attached hydrogens (primary N) is 1. The van der Waals surface area contributed by atoms with Gasteiger partial charge in [-0.1, -0.05) is 12.1 Å². The fourth-order valence-electron chi connectivity index (χ4n) is 2.45. The van der Waals surface area contributed by atoms with Crippen molar-refractivity contribution >= 4 is 17.4 Å². The molecule has 0 bridgehead atoms. The van der Waals surface area contributed by atoms with Gasteiger partial charge < -0.3 is 20.6 Å². The Bertz CT molecular complexity index is 765. The van der Waals surface area contributed by atoms with Crippen LogP contribution in [0.25, 0.3) is 0 Å². The second-order valence-corrected chi connectivity index (χ2v) is 4.98. The second kappa shape index (κ2) is 6.01. The molecule has 8 nitrogen and oxygen atoms in total. The van der Waals surface area contributed by atoms with Gasteiger partial charge in [0.05, 0.1) is 11.7 Å².